The molecule has 2 aromatic carbocycles. The lowest BCUT2D eigenvalue weighted by atomic mass is 10.0. The van der Waals surface area contributed by atoms with Crippen LogP contribution in [0.25, 0.3) is 0 Å². The van der Waals surface area contributed by atoms with Gasteiger partial charge in [0.15, 0.2) is 0 Å². The molecule has 0 aromatic heterocycles. The lowest BCUT2D eigenvalue weighted by Gasteiger charge is -2.26. The summed E-state index contributed by atoms with van der Waals surface area (Å²) in [7, 11) is -3.76. The van der Waals surface area contributed by atoms with Gasteiger partial charge in [0.2, 0.25) is 0 Å². The van der Waals surface area contributed by atoms with Crippen molar-refractivity contribution in [3.8, 4) is 5.75 Å². The molecule has 0 heterocycles. The van der Waals surface area contributed by atoms with E-state index in [2.05, 4.69) is 0 Å². The Balaban J connectivity index is 2.41. The molecule has 0 fully saturated rings. The molecule has 0 saturated carbocycles. The van der Waals surface area contributed by atoms with Crippen molar-refractivity contribution in [2.75, 3.05) is 12.8 Å². The summed E-state index contributed by atoms with van der Waals surface area (Å²) in [4.78, 5) is 14.1. The molecule has 0 unspecified atom stereocenters. The number of carbonyl (C=O) groups excluding carboxylic acids is 1. The van der Waals surface area contributed by atoms with Crippen molar-refractivity contribution < 1.29 is 43.7 Å². The van der Waals surface area contributed by atoms with Crippen LogP contribution in [0.3, 0.4) is 0 Å². The largest absolute Gasteiger partial charge is 0.416 e. The van der Waals surface area contributed by atoms with E-state index in [1.807, 2.05) is 0 Å². The lowest BCUT2D eigenvalue weighted by molar-refractivity contribution is -0.143. The summed E-state index contributed by atoms with van der Waals surface area (Å²) < 4.78 is 106. The van der Waals surface area contributed by atoms with E-state index in [0.29, 0.717) is 17.7 Å². The SMILES string of the molecule is CC(C)CN(Cc1ccc(OS(C)(=O)=O)cc1)C(=O)c1cc(C(F)(F)F)cc(C(F)(F)F)c1. The molecule has 12 heteroatoms. The molecule has 0 atom stereocenters. The zero-order valence-corrected chi connectivity index (χ0v) is 18.6. The van der Waals surface area contributed by atoms with Gasteiger partial charge in [-0.15, -0.1) is 0 Å². The van der Waals surface area contributed by atoms with Gasteiger partial charge in [0.05, 0.1) is 17.4 Å². The normalized spacial score (nSPS) is 12.7. The fraction of sp³-hybridized carbons (Fsp3) is 0.381. The molecule has 2 aromatic rings. The maximum atomic E-state index is 13.2. The van der Waals surface area contributed by atoms with E-state index >= 15 is 0 Å². The minimum atomic E-state index is -5.07. The smallest absolute Gasteiger partial charge is 0.383 e. The van der Waals surface area contributed by atoms with Crippen LogP contribution in [0.15, 0.2) is 42.5 Å². The molecule has 33 heavy (non-hydrogen) atoms. The van der Waals surface area contributed by atoms with Crippen molar-refractivity contribution in [3.05, 3.63) is 64.7 Å². The molecule has 0 bridgehead atoms. The first-order valence-corrected chi connectivity index (χ1v) is 11.3. The van der Waals surface area contributed by atoms with E-state index in [0.717, 1.165) is 11.2 Å². The summed E-state index contributed by atoms with van der Waals surface area (Å²) >= 11 is 0. The molecule has 0 aliphatic rings. The fourth-order valence-electron chi connectivity index (χ4n) is 2.97. The topological polar surface area (TPSA) is 63.7 Å². The number of hydrogen-bond donors (Lipinski definition) is 0. The van der Waals surface area contributed by atoms with Gasteiger partial charge >= 0.3 is 22.5 Å². The molecule has 0 radical (unpaired) electrons. The van der Waals surface area contributed by atoms with Gasteiger partial charge in [-0.1, -0.05) is 26.0 Å². The van der Waals surface area contributed by atoms with E-state index < -0.39 is 45.1 Å². The van der Waals surface area contributed by atoms with Gasteiger partial charge < -0.3 is 9.08 Å². The van der Waals surface area contributed by atoms with E-state index in [4.69, 9.17) is 4.18 Å². The number of hydrogen-bond acceptors (Lipinski definition) is 4. The van der Waals surface area contributed by atoms with E-state index in [9.17, 15) is 39.6 Å². The van der Waals surface area contributed by atoms with Crippen LogP contribution >= 0.6 is 0 Å². The molecule has 0 saturated heterocycles. The average Bonchev–Trinajstić information content (AvgIpc) is 2.65. The van der Waals surface area contributed by atoms with Crippen LogP contribution in [0.5, 0.6) is 5.75 Å². The first kappa shape index (κ1) is 26.5. The molecule has 1 amide bonds. The summed E-state index contributed by atoms with van der Waals surface area (Å²) in [6.07, 6.45) is -9.29. The van der Waals surface area contributed by atoms with Crippen molar-refractivity contribution in [1.82, 2.24) is 4.90 Å². The summed E-state index contributed by atoms with van der Waals surface area (Å²) in [6.45, 7) is 3.39. The van der Waals surface area contributed by atoms with Crippen LogP contribution in [-0.2, 0) is 29.0 Å². The maximum absolute atomic E-state index is 13.2. The molecule has 0 aliphatic carbocycles. The van der Waals surface area contributed by atoms with Gasteiger partial charge in [0, 0.05) is 18.7 Å². The number of alkyl halides is 6. The monoisotopic (exact) mass is 497 g/mol. The number of carbonyl (C=O) groups is 1. The molecule has 0 spiro atoms. The third-order valence-corrected chi connectivity index (χ3v) is 4.75. The Labute approximate surface area is 187 Å². The van der Waals surface area contributed by atoms with E-state index in [-0.39, 0.29) is 30.8 Å². The lowest BCUT2D eigenvalue weighted by Crippen LogP contribution is -2.34. The summed E-state index contributed by atoms with van der Waals surface area (Å²) in [5.41, 5.74) is -3.43. The quantitative estimate of drug-likeness (QED) is 0.382. The third kappa shape index (κ3) is 7.95. The second-order valence-corrected chi connectivity index (χ2v) is 9.38. The van der Waals surface area contributed by atoms with Gasteiger partial charge in [-0.05, 0) is 41.8 Å². The van der Waals surface area contributed by atoms with Crippen LogP contribution in [0, 0.1) is 5.92 Å². The van der Waals surface area contributed by atoms with Crippen molar-refractivity contribution in [1.29, 1.82) is 0 Å². The highest BCUT2D eigenvalue weighted by atomic mass is 32.2. The van der Waals surface area contributed by atoms with Gasteiger partial charge in [-0.3, -0.25) is 4.79 Å². The molecular formula is C21H21F6NO4S. The van der Waals surface area contributed by atoms with Crippen LogP contribution in [0.2, 0.25) is 0 Å². The van der Waals surface area contributed by atoms with Crippen molar-refractivity contribution in [3.63, 3.8) is 0 Å². The Kier molecular flexibility index (Phi) is 7.72. The average molecular weight is 497 g/mol. The first-order chi connectivity index (χ1) is 15.0. The van der Waals surface area contributed by atoms with Gasteiger partial charge in [-0.2, -0.15) is 34.8 Å². The molecule has 2 rings (SSSR count). The fourth-order valence-corrected chi connectivity index (χ4v) is 3.43. The number of halogens is 6. The Hall–Kier alpha value is -2.76. The van der Waals surface area contributed by atoms with Crippen molar-refractivity contribution in [2.45, 2.75) is 32.7 Å². The summed E-state index contributed by atoms with van der Waals surface area (Å²) in [6, 6.07) is 6.27. The number of nitrogens with zero attached hydrogens (tertiary/aromatic N) is 1. The summed E-state index contributed by atoms with van der Waals surface area (Å²) in [5, 5.41) is 0. The zero-order valence-electron chi connectivity index (χ0n) is 17.8. The van der Waals surface area contributed by atoms with Crippen molar-refractivity contribution >= 4 is 16.0 Å². The predicted octanol–water partition coefficient (Wildman–Crippen LogP) is 5.36. The first-order valence-electron chi connectivity index (χ1n) is 9.53. The Bertz CT molecular complexity index is 1060. The van der Waals surface area contributed by atoms with Gasteiger partial charge in [0.1, 0.15) is 5.75 Å². The van der Waals surface area contributed by atoms with E-state index in [1.54, 1.807) is 13.8 Å². The Morgan fingerprint density at radius 2 is 1.42 bits per heavy atom. The predicted molar refractivity (Wildman–Crippen MR) is 108 cm³/mol. The third-order valence-electron chi connectivity index (χ3n) is 4.25. The molecular weight excluding hydrogens is 476 g/mol. The minimum Gasteiger partial charge on any atom is -0.383 e. The second kappa shape index (κ2) is 9.62. The molecule has 182 valence electrons. The molecule has 5 nitrogen and oxygen atoms in total. The van der Waals surface area contributed by atoms with Crippen molar-refractivity contribution in [2.24, 2.45) is 5.92 Å². The number of rotatable bonds is 7. The molecule has 0 aliphatic heterocycles. The zero-order chi connectivity index (χ0) is 25.2. The highest BCUT2D eigenvalue weighted by molar-refractivity contribution is 7.86. The number of benzene rings is 2. The van der Waals surface area contributed by atoms with E-state index in [1.165, 1.54) is 24.3 Å². The standard InChI is InChI=1S/C21H21F6NO4S/c1-13(2)11-28(12-14-4-6-18(7-5-14)32-33(3,30)31)19(29)15-8-16(20(22,23)24)10-17(9-15)21(25,26)27/h4-10,13H,11-12H2,1-3H3. The van der Waals surface area contributed by atoms with Gasteiger partial charge in [-0.25, -0.2) is 0 Å². The highest BCUT2D eigenvalue weighted by Crippen LogP contribution is 2.36. The Morgan fingerprint density at radius 3 is 1.82 bits per heavy atom. The molecule has 0 N–H and O–H groups in total. The highest BCUT2D eigenvalue weighted by Gasteiger charge is 2.38. The number of amides is 1. The van der Waals surface area contributed by atoms with Crippen LogP contribution < -0.4 is 4.18 Å². The Morgan fingerprint density at radius 1 is 0.939 bits per heavy atom. The maximum Gasteiger partial charge on any atom is 0.416 e. The van der Waals surface area contributed by atoms with Crippen LogP contribution in [0.1, 0.15) is 40.9 Å². The minimum absolute atomic E-state index is 0.00989. The second-order valence-electron chi connectivity index (χ2n) is 7.81. The van der Waals surface area contributed by atoms with Crippen LogP contribution in [0.4, 0.5) is 26.3 Å². The van der Waals surface area contributed by atoms with Gasteiger partial charge in [0.25, 0.3) is 5.91 Å². The summed E-state index contributed by atoms with van der Waals surface area (Å²) in [5.74, 6) is -1.14. The van der Waals surface area contributed by atoms with Crippen LogP contribution in [-0.4, -0.2) is 32.0 Å².